The fourth-order valence-electron chi connectivity index (χ4n) is 2.42. The van der Waals surface area contributed by atoms with Gasteiger partial charge in [-0.1, -0.05) is 26.8 Å². The molecule has 0 aliphatic heterocycles. The predicted octanol–water partition coefficient (Wildman–Crippen LogP) is 3.54. The standard InChI is InChI=1S/C16H24N2/c1-11-13(8-9-17-5)14-10-12(16(2,3)4)6-7-15(14)18-11/h6-7,10,17-18H,8-9H2,1-5H3. The zero-order valence-corrected chi connectivity index (χ0v) is 12.1. The van der Waals surface area contributed by atoms with E-state index in [-0.39, 0.29) is 5.41 Å². The lowest BCUT2D eigenvalue weighted by Crippen LogP contribution is -2.11. The molecule has 0 atom stereocenters. The molecule has 98 valence electrons. The summed E-state index contributed by atoms with van der Waals surface area (Å²) in [6.45, 7) is 9.98. The monoisotopic (exact) mass is 244 g/mol. The van der Waals surface area contributed by atoms with Gasteiger partial charge in [-0.3, -0.25) is 0 Å². The summed E-state index contributed by atoms with van der Waals surface area (Å²) in [6, 6.07) is 6.80. The molecule has 18 heavy (non-hydrogen) atoms. The Hall–Kier alpha value is -1.28. The number of H-pyrrole nitrogens is 1. The summed E-state index contributed by atoms with van der Waals surface area (Å²) >= 11 is 0. The molecule has 0 bridgehead atoms. The molecule has 2 rings (SSSR count). The van der Waals surface area contributed by atoms with Crippen LogP contribution in [-0.2, 0) is 11.8 Å². The molecule has 1 aromatic heterocycles. The van der Waals surface area contributed by atoms with Crippen molar-refractivity contribution in [3.8, 4) is 0 Å². The quantitative estimate of drug-likeness (QED) is 0.849. The number of benzene rings is 1. The minimum atomic E-state index is 0.208. The summed E-state index contributed by atoms with van der Waals surface area (Å²) in [5, 5.41) is 4.61. The van der Waals surface area contributed by atoms with Crippen LogP contribution in [0.25, 0.3) is 10.9 Å². The number of rotatable bonds is 3. The van der Waals surface area contributed by atoms with Gasteiger partial charge in [0.1, 0.15) is 0 Å². The number of likely N-dealkylation sites (N-methyl/N-ethyl adjacent to an activating group) is 1. The maximum absolute atomic E-state index is 3.49. The van der Waals surface area contributed by atoms with Crippen LogP contribution in [0.3, 0.4) is 0 Å². The average molecular weight is 244 g/mol. The predicted molar refractivity (Wildman–Crippen MR) is 79.4 cm³/mol. The van der Waals surface area contributed by atoms with E-state index in [1.807, 2.05) is 7.05 Å². The molecule has 0 saturated carbocycles. The first kappa shape index (κ1) is 13.2. The maximum Gasteiger partial charge on any atom is 0.0459 e. The second-order valence-corrected chi connectivity index (χ2v) is 6.09. The van der Waals surface area contributed by atoms with E-state index in [9.17, 15) is 0 Å². The number of hydrogen-bond acceptors (Lipinski definition) is 1. The first-order chi connectivity index (χ1) is 8.43. The van der Waals surface area contributed by atoms with Crippen molar-refractivity contribution in [3.05, 3.63) is 35.0 Å². The largest absolute Gasteiger partial charge is 0.358 e. The summed E-state index contributed by atoms with van der Waals surface area (Å²) in [6.07, 6.45) is 1.08. The smallest absolute Gasteiger partial charge is 0.0459 e. The second kappa shape index (κ2) is 4.77. The van der Waals surface area contributed by atoms with Gasteiger partial charge in [-0.15, -0.1) is 0 Å². The first-order valence-corrected chi connectivity index (χ1v) is 6.70. The van der Waals surface area contributed by atoms with Crippen molar-refractivity contribution < 1.29 is 0 Å². The van der Waals surface area contributed by atoms with Crippen molar-refractivity contribution in [2.75, 3.05) is 13.6 Å². The highest BCUT2D eigenvalue weighted by Gasteiger charge is 2.16. The molecule has 2 N–H and O–H groups in total. The Morgan fingerprint density at radius 2 is 1.94 bits per heavy atom. The van der Waals surface area contributed by atoms with E-state index in [4.69, 9.17) is 0 Å². The molecule has 0 unspecified atom stereocenters. The van der Waals surface area contributed by atoms with Crippen LogP contribution in [0.5, 0.6) is 0 Å². The van der Waals surface area contributed by atoms with Crippen LogP contribution in [0, 0.1) is 6.92 Å². The third-order valence-electron chi connectivity index (χ3n) is 3.61. The van der Waals surface area contributed by atoms with Crippen molar-refractivity contribution in [3.63, 3.8) is 0 Å². The van der Waals surface area contributed by atoms with E-state index in [0.29, 0.717) is 0 Å². The molecule has 2 heteroatoms. The Morgan fingerprint density at radius 3 is 2.56 bits per heavy atom. The number of aryl methyl sites for hydroxylation is 1. The van der Waals surface area contributed by atoms with E-state index in [1.54, 1.807) is 0 Å². The number of nitrogens with one attached hydrogen (secondary N) is 2. The summed E-state index contributed by atoms with van der Waals surface area (Å²) < 4.78 is 0. The van der Waals surface area contributed by atoms with Gasteiger partial charge in [0.2, 0.25) is 0 Å². The Bertz CT molecular complexity index is 544. The van der Waals surface area contributed by atoms with Crippen LogP contribution in [0.1, 0.15) is 37.6 Å². The van der Waals surface area contributed by atoms with Gasteiger partial charge in [-0.2, -0.15) is 0 Å². The molecule has 1 heterocycles. The van der Waals surface area contributed by atoms with Crippen LogP contribution in [0.4, 0.5) is 0 Å². The molecule has 0 saturated heterocycles. The maximum atomic E-state index is 3.49. The fraction of sp³-hybridized carbons (Fsp3) is 0.500. The van der Waals surface area contributed by atoms with Gasteiger partial charge in [-0.05, 0) is 55.6 Å². The van der Waals surface area contributed by atoms with E-state index in [2.05, 4.69) is 56.2 Å². The van der Waals surface area contributed by atoms with E-state index < -0.39 is 0 Å². The second-order valence-electron chi connectivity index (χ2n) is 6.09. The molecule has 0 radical (unpaired) electrons. The Labute approximate surface area is 110 Å². The Morgan fingerprint density at radius 1 is 1.22 bits per heavy atom. The van der Waals surface area contributed by atoms with Crippen molar-refractivity contribution in [1.82, 2.24) is 10.3 Å². The molecular weight excluding hydrogens is 220 g/mol. The molecular formula is C16H24N2. The number of hydrogen-bond donors (Lipinski definition) is 2. The van der Waals surface area contributed by atoms with Crippen molar-refractivity contribution >= 4 is 10.9 Å². The molecule has 0 spiro atoms. The van der Waals surface area contributed by atoms with Crippen molar-refractivity contribution in [1.29, 1.82) is 0 Å². The van der Waals surface area contributed by atoms with Crippen LogP contribution < -0.4 is 5.32 Å². The van der Waals surface area contributed by atoms with Gasteiger partial charge >= 0.3 is 0 Å². The highest BCUT2D eigenvalue weighted by atomic mass is 14.8. The van der Waals surface area contributed by atoms with E-state index in [0.717, 1.165) is 13.0 Å². The number of aromatic nitrogens is 1. The van der Waals surface area contributed by atoms with Gasteiger partial charge in [0.15, 0.2) is 0 Å². The third kappa shape index (κ3) is 2.44. The topological polar surface area (TPSA) is 27.8 Å². The lowest BCUT2D eigenvalue weighted by molar-refractivity contribution is 0.591. The minimum absolute atomic E-state index is 0.208. The third-order valence-corrected chi connectivity index (χ3v) is 3.61. The molecule has 2 nitrogen and oxygen atoms in total. The highest BCUT2D eigenvalue weighted by Crippen LogP contribution is 2.29. The lowest BCUT2D eigenvalue weighted by atomic mass is 9.86. The van der Waals surface area contributed by atoms with E-state index in [1.165, 1.54) is 27.7 Å². The molecule has 2 aromatic rings. The lowest BCUT2D eigenvalue weighted by Gasteiger charge is -2.19. The first-order valence-electron chi connectivity index (χ1n) is 6.70. The molecule has 0 aliphatic rings. The number of fused-ring (bicyclic) bond motifs is 1. The average Bonchev–Trinajstić information content (AvgIpc) is 2.60. The summed E-state index contributed by atoms with van der Waals surface area (Å²) in [5.41, 5.74) is 5.61. The normalized spacial score (nSPS) is 12.3. The molecule has 1 aromatic carbocycles. The molecule has 0 amide bonds. The highest BCUT2D eigenvalue weighted by molar-refractivity contribution is 5.85. The van der Waals surface area contributed by atoms with Gasteiger partial charge < -0.3 is 10.3 Å². The SMILES string of the molecule is CNCCc1c(C)[nH]c2ccc(C(C)(C)C)cc12. The summed E-state index contributed by atoms with van der Waals surface area (Å²) in [7, 11) is 2.00. The zero-order valence-electron chi connectivity index (χ0n) is 12.1. The van der Waals surface area contributed by atoms with Gasteiger partial charge in [0, 0.05) is 16.6 Å². The van der Waals surface area contributed by atoms with Gasteiger partial charge in [0.05, 0.1) is 0 Å². The van der Waals surface area contributed by atoms with Gasteiger partial charge in [0.25, 0.3) is 0 Å². The van der Waals surface area contributed by atoms with Gasteiger partial charge in [-0.25, -0.2) is 0 Å². The Kier molecular flexibility index (Phi) is 3.49. The van der Waals surface area contributed by atoms with Crippen LogP contribution in [-0.4, -0.2) is 18.6 Å². The Balaban J connectivity index is 2.52. The molecule has 0 aliphatic carbocycles. The zero-order chi connectivity index (χ0) is 13.3. The van der Waals surface area contributed by atoms with Crippen molar-refractivity contribution in [2.24, 2.45) is 0 Å². The van der Waals surface area contributed by atoms with E-state index >= 15 is 0 Å². The van der Waals surface area contributed by atoms with Crippen LogP contribution >= 0.6 is 0 Å². The summed E-state index contributed by atoms with van der Waals surface area (Å²) in [4.78, 5) is 3.49. The van der Waals surface area contributed by atoms with Crippen LogP contribution in [0.15, 0.2) is 18.2 Å². The molecule has 0 fully saturated rings. The summed E-state index contributed by atoms with van der Waals surface area (Å²) in [5.74, 6) is 0. The van der Waals surface area contributed by atoms with Crippen LogP contribution in [0.2, 0.25) is 0 Å². The van der Waals surface area contributed by atoms with Crippen molar-refractivity contribution in [2.45, 2.75) is 39.5 Å². The minimum Gasteiger partial charge on any atom is -0.358 e. The fourth-order valence-corrected chi connectivity index (χ4v) is 2.42. The number of aromatic amines is 1.